The number of carboxylic acid groups (broad SMARTS) is 1. The molecule has 0 spiro atoms. The van der Waals surface area contributed by atoms with Gasteiger partial charge in [-0.1, -0.05) is 72.3 Å². The molecule has 4 saturated carbocycles. The lowest BCUT2D eigenvalue weighted by Gasteiger charge is -2.72. The molecule has 9 rings (SSSR count). The molecule has 4 heterocycles. The second-order valence-electron chi connectivity index (χ2n) is 27.5. The summed E-state index contributed by atoms with van der Waals surface area (Å²) in [6, 6.07) is 0. The number of rotatable bonds is 15. The summed E-state index contributed by atoms with van der Waals surface area (Å²) in [6.07, 6.45) is -26.8. The number of fused-ring (bicyclic) bond motifs is 7. The number of aliphatic hydroxyl groups is 12. The van der Waals surface area contributed by atoms with Gasteiger partial charge in [-0.15, -0.1) is 0 Å². The van der Waals surface area contributed by atoms with Gasteiger partial charge in [0.15, 0.2) is 37.4 Å². The molecule has 26 nitrogen and oxygen atoms in total. The average molecular weight is 1230 g/mol. The summed E-state index contributed by atoms with van der Waals surface area (Å²) in [5, 5.41) is 144. The highest BCUT2D eigenvalue weighted by molar-refractivity contribution is 5.83. The maximum absolute atomic E-state index is 13.5. The maximum Gasteiger partial charge on any atom is 0.335 e. The molecule has 0 amide bonds. The summed E-state index contributed by atoms with van der Waals surface area (Å²) in [7, 11) is 0. The molecule has 29 atom stereocenters. The molecule has 4 saturated heterocycles. The molecule has 26 heteroatoms. The smallest absolute Gasteiger partial charge is 0.335 e. The van der Waals surface area contributed by atoms with Gasteiger partial charge in [0.2, 0.25) is 0 Å². The summed E-state index contributed by atoms with van der Waals surface area (Å²) in [5.74, 6) is -3.70. The van der Waals surface area contributed by atoms with Crippen LogP contribution in [0, 0.1) is 50.2 Å². The Morgan fingerprint density at radius 1 is 0.616 bits per heavy atom. The van der Waals surface area contributed by atoms with Crippen LogP contribution in [-0.4, -0.2) is 246 Å². The molecule has 0 aromatic heterocycles. The Hall–Kier alpha value is -3.17. The number of hydrogen-bond acceptors (Lipinski definition) is 25. The van der Waals surface area contributed by atoms with E-state index < -0.39 is 218 Å². The standard InChI is InChI=1S/C60H92O26/c1-10-12-35(66)81-48-49(82-36(67)13-11-2)60(25-62)27(20-55(48,3)4)26-14-15-32-57(7)18-17-34(56(5,6)31(57)16-19-58(32,8)59(26,9)21-33(60)65)80-54-47(86-52-42(73)40(71)39(70)30(22-61)79-52)44(43(74)45(84-54)50(75)76)83-53-46(38(69)29(64)24-78-53)85-51-41(72)37(68)28(63)23-77-51/h10-14,27-34,37-49,51-54,61-65,68-74H,15-25H2,1-9H3,(H,75,76)/b12-10-,13-11-/t27-,28+,29-,30+,31?,32+,33+,34-,37-,38-,39-,40-,41+,42+,43-,44-,45-,46+,47+,48-,49-,51-,52-,53-,54+,57-,58+,59+,60-/m0/s1. The Morgan fingerprint density at radius 3 is 1.83 bits per heavy atom. The van der Waals surface area contributed by atoms with E-state index in [9.17, 15) is 80.8 Å². The van der Waals surface area contributed by atoms with Crippen LogP contribution in [-0.2, 0) is 61.8 Å². The third-order valence-corrected chi connectivity index (χ3v) is 22.0. The molecule has 5 aliphatic carbocycles. The fourth-order valence-corrected chi connectivity index (χ4v) is 17.2. The molecule has 9 aliphatic rings. The van der Waals surface area contributed by atoms with E-state index in [4.69, 9.17) is 47.4 Å². The first-order valence-electron chi connectivity index (χ1n) is 30.1. The van der Waals surface area contributed by atoms with Crippen molar-refractivity contribution in [3.05, 3.63) is 36.0 Å². The van der Waals surface area contributed by atoms with Gasteiger partial charge >= 0.3 is 17.9 Å². The van der Waals surface area contributed by atoms with Crippen LogP contribution in [0.15, 0.2) is 36.0 Å². The fourth-order valence-electron chi connectivity index (χ4n) is 17.2. The van der Waals surface area contributed by atoms with Gasteiger partial charge in [0, 0.05) is 17.6 Å². The van der Waals surface area contributed by atoms with Crippen LogP contribution in [0.25, 0.3) is 0 Å². The van der Waals surface area contributed by atoms with Crippen molar-refractivity contribution >= 4 is 17.9 Å². The van der Waals surface area contributed by atoms with Gasteiger partial charge in [0.25, 0.3) is 0 Å². The summed E-state index contributed by atoms with van der Waals surface area (Å²) in [5.41, 5.74) is -3.62. The van der Waals surface area contributed by atoms with Gasteiger partial charge in [0.05, 0.1) is 44.1 Å². The highest BCUT2D eigenvalue weighted by atomic mass is 16.8. The largest absolute Gasteiger partial charge is 0.479 e. The van der Waals surface area contributed by atoms with E-state index in [2.05, 4.69) is 26.8 Å². The molecule has 13 N–H and O–H groups in total. The van der Waals surface area contributed by atoms with E-state index >= 15 is 0 Å². The first-order chi connectivity index (χ1) is 40.3. The zero-order valence-corrected chi connectivity index (χ0v) is 50.2. The van der Waals surface area contributed by atoms with Crippen LogP contribution >= 0.6 is 0 Å². The van der Waals surface area contributed by atoms with Crippen molar-refractivity contribution in [3.8, 4) is 0 Å². The Kier molecular flexibility index (Phi) is 19.7. The van der Waals surface area contributed by atoms with Crippen LogP contribution < -0.4 is 0 Å². The van der Waals surface area contributed by atoms with Crippen LogP contribution in [0.1, 0.15) is 107 Å². The summed E-state index contributed by atoms with van der Waals surface area (Å²) >= 11 is 0. The number of carboxylic acids is 1. The van der Waals surface area contributed by atoms with Crippen LogP contribution in [0.5, 0.6) is 0 Å². The molecular weight excluding hydrogens is 1140 g/mol. The predicted octanol–water partition coefficient (Wildman–Crippen LogP) is -1.02. The second kappa shape index (κ2) is 25.1. The Labute approximate surface area is 499 Å². The number of carbonyl (C=O) groups excluding carboxylic acids is 2. The molecule has 1 unspecified atom stereocenters. The van der Waals surface area contributed by atoms with E-state index in [0.29, 0.717) is 38.5 Å². The molecule has 488 valence electrons. The lowest BCUT2D eigenvalue weighted by molar-refractivity contribution is -0.399. The van der Waals surface area contributed by atoms with Crippen molar-refractivity contribution in [2.45, 2.75) is 242 Å². The first kappa shape index (κ1) is 67.2. The molecular formula is C60H92O26. The predicted molar refractivity (Wildman–Crippen MR) is 293 cm³/mol. The van der Waals surface area contributed by atoms with E-state index in [1.165, 1.54) is 18.2 Å². The molecule has 86 heavy (non-hydrogen) atoms. The molecule has 0 aromatic rings. The highest BCUT2D eigenvalue weighted by Gasteiger charge is 2.74. The number of aliphatic carboxylic acids is 1. The second-order valence-corrected chi connectivity index (χ2v) is 27.5. The molecule has 0 radical (unpaired) electrons. The van der Waals surface area contributed by atoms with Gasteiger partial charge < -0.3 is 114 Å². The molecule has 4 aliphatic heterocycles. The number of aliphatic hydroxyl groups excluding tert-OH is 12. The number of carbonyl (C=O) groups is 3. The minimum absolute atomic E-state index is 0.0171. The maximum atomic E-state index is 13.5. The number of hydrogen-bond donors (Lipinski definition) is 13. The Bertz CT molecular complexity index is 2520. The van der Waals surface area contributed by atoms with Crippen LogP contribution in [0.4, 0.5) is 0 Å². The number of allylic oxidation sites excluding steroid dienone is 4. The topological polar surface area (TPSA) is 407 Å². The van der Waals surface area contributed by atoms with E-state index in [1.807, 2.05) is 27.7 Å². The van der Waals surface area contributed by atoms with Crippen molar-refractivity contribution in [2.75, 3.05) is 26.4 Å². The fraction of sp³-hybridized carbons (Fsp3) is 0.850. The molecule has 0 aromatic carbocycles. The van der Waals surface area contributed by atoms with Gasteiger partial charge in [-0.25, -0.2) is 14.4 Å². The number of ether oxygens (including phenoxy) is 10. The minimum atomic E-state index is -2.21. The third kappa shape index (κ3) is 11.3. The lowest BCUT2D eigenvalue weighted by Crippen LogP contribution is -2.72. The first-order valence-corrected chi connectivity index (χ1v) is 30.1. The van der Waals surface area contributed by atoms with Gasteiger partial charge in [-0.05, 0) is 98.2 Å². The van der Waals surface area contributed by atoms with E-state index in [-0.39, 0.29) is 18.3 Å². The monoisotopic (exact) mass is 1230 g/mol. The Morgan fingerprint density at radius 2 is 1.21 bits per heavy atom. The van der Waals surface area contributed by atoms with Crippen molar-refractivity contribution < 1.29 is 128 Å². The van der Waals surface area contributed by atoms with E-state index in [1.54, 1.807) is 19.9 Å². The normalized spacial score (nSPS) is 50.0. The zero-order valence-electron chi connectivity index (χ0n) is 50.2. The SMILES string of the molecule is C/C=C\C(=O)O[C@H]1[C@H](OC(=O)/C=C\C)[C@]2(CO)[C@H](O)C[C@]3(C)C(=CC[C@@H]4[C@@]5(C)CC[C@H](O[C@@H]6O[C@H](C(=O)O)[C@@H](O)[C@H](O[C@@H]7OC[C@H](O)[C@H](O)[C@H]7O[C@@H]7OC[C@@H](O)[C@H](O)[C@H]7O)[C@H]6O[C@@H]6O[C@H](CO)[C@H](O)[C@H](O)[C@H]6O)C(C)(C)C5CC[C@]43C)[C@@H]2CC1(C)C. The van der Waals surface area contributed by atoms with Crippen LogP contribution in [0.2, 0.25) is 0 Å². The zero-order chi connectivity index (χ0) is 63.1. The number of esters is 2. The van der Waals surface area contributed by atoms with E-state index in [0.717, 1.165) is 5.57 Å². The summed E-state index contributed by atoms with van der Waals surface area (Å²) in [4.78, 5) is 39.8. The van der Waals surface area contributed by atoms with Crippen molar-refractivity contribution in [1.29, 1.82) is 0 Å². The Balaban J connectivity index is 1.04. The summed E-state index contributed by atoms with van der Waals surface area (Å²) < 4.78 is 61.0. The average Bonchev–Trinajstić information content (AvgIpc) is 0.681. The lowest BCUT2D eigenvalue weighted by atomic mass is 9.33. The van der Waals surface area contributed by atoms with Crippen molar-refractivity contribution in [3.63, 3.8) is 0 Å². The van der Waals surface area contributed by atoms with Gasteiger partial charge in [-0.2, -0.15) is 0 Å². The third-order valence-electron chi connectivity index (χ3n) is 22.0. The van der Waals surface area contributed by atoms with Gasteiger partial charge in [-0.3, -0.25) is 0 Å². The highest BCUT2D eigenvalue weighted by Crippen LogP contribution is 2.76. The van der Waals surface area contributed by atoms with Gasteiger partial charge in [0.1, 0.15) is 85.5 Å². The van der Waals surface area contributed by atoms with Crippen molar-refractivity contribution in [2.24, 2.45) is 50.2 Å². The molecule has 8 fully saturated rings. The minimum Gasteiger partial charge on any atom is -0.479 e. The van der Waals surface area contributed by atoms with Crippen molar-refractivity contribution in [1.82, 2.24) is 0 Å². The quantitative estimate of drug-likeness (QED) is 0.0404. The summed E-state index contributed by atoms with van der Waals surface area (Å²) in [6.45, 7) is 15.4. The van der Waals surface area contributed by atoms with Crippen LogP contribution in [0.3, 0.4) is 0 Å². The molecule has 0 bridgehead atoms.